The highest BCUT2D eigenvalue weighted by atomic mass is 16.5. The minimum atomic E-state index is -0.982. The van der Waals surface area contributed by atoms with E-state index in [4.69, 9.17) is 9.84 Å². The molecule has 1 rings (SSSR count). The predicted octanol–water partition coefficient (Wildman–Crippen LogP) is 0.721. The van der Waals surface area contributed by atoms with Gasteiger partial charge in [-0.2, -0.15) is 5.10 Å². The molecule has 0 radical (unpaired) electrons. The Balaban J connectivity index is 2.40. The van der Waals surface area contributed by atoms with Crippen LogP contribution in [0.2, 0.25) is 0 Å². The molecule has 0 bridgehead atoms. The lowest BCUT2D eigenvalue weighted by Crippen LogP contribution is -2.16. The third-order valence-electron chi connectivity index (χ3n) is 2.39. The summed E-state index contributed by atoms with van der Waals surface area (Å²) in [4.78, 5) is 22.0. The van der Waals surface area contributed by atoms with E-state index >= 15 is 0 Å². The first-order valence-electron chi connectivity index (χ1n) is 5.59. The standard InChI is InChI=1S/C11H17N3O4/c1-8(18-2)3-4-10(15)12-9-5-6-14(13-9)7-11(16)17/h5-6,8H,3-4,7H2,1-2H3,(H,16,17)(H,12,13,15). The third-order valence-corrected chi connectivity index (χ3v) is 2.39. The van der Waals surface area contributed by atoms with Gasteiger partial charge in [-0.1, -0.05) is 0 Å². The SMILES string of the molecule is COC(C)CCC(=O)Nc1ccn(CC(=O)O)n1. The van der Waals surface area contributed by atoms with Crippen LogP contribution in [0.4, 0.5) is 5.82 Å². The first-order chi connectivity index (χ1) is 8.51. The summed E-state index contributed by atoms with van der Waals surface area (Å²) in [5, 5.41) is 15.1. The topological polar surface area (TPSA) is 93.5 Å². The number of amides is 1. The fourth-order valence-corrected chi connectivity index (χ4v) is 1.31. The first kappa shape index (κ1) is 14.2. The molecule has 100 valence electrons. The molecule has 0 saturated carbocycles. The van der Waals surface area contributed by atoms with Crippen LogP contribution < -0.4 is 5.32 Å². The van der Waals surface area contributed by atoms with Crippen LogP contribution in [0.5, 0.6) is 0 Å². The second kappa shape index (κ2) is 6.75. The van der Waals surface area contributed by atoms with Gasteiger partial charge in [0.05, 0.1) is 6.10 Å². The molecule has 0 spiro atoms. The Morgan fingerprint density at radius 3 is 2.94 bits per heavy atom. The molecule has 0 saturated heterocycles. The number of carboxylic acids is 1. The van der Waals surface area contributed by atoms with Crippen molar-refractivity contribution in [2.45, 2.75) is 32.4 Å². The van der Waals surface area contributed by atoms with Crippen molar-refractivity contribution in [3.8, 4) is 0 Å². The fraction of sp³-hybridized carbons (Fsp3) is 0.545. The number of aliphatic carboxylic acids is 1. The van der Waals surface area contributed by atoms with Crippen LogP contribution in [0.3, 0.4) is 0 Å². The molecule has 1 amide bonds. The van der Waals surface area contributed by atoms with Gasteiger partial charge in [-0.25, -0.2) is 0 Å². The average molecular weight is 255 g/mol. The molecule has 1 unspecified atom stereocenters. The number of carbonyl (C=O) groups excluding carboxylic acids is 1. The molecule has 1 aromatic rings. The monoisotopic (exact) mass is 255 g/mol. The summed E-state index contributed by atoms with van der Waals surface area (Å²) in [6.45, 7) is 1.66. The maximum atomic E-state index is 11.5. The number of methoxy groups -OCH3 is 1. The maximum absolute atomic E-state index is 11.5. The Labute approximate surface area is 105 Å². The van der Waals surface area contributed by atoms with Gasteiger partial charge in [0.1, 0.15) is 6.54 Å². The number of hydrogen-bond acceptors (Lipinski definition) is 4. The van der Waals surface area contributed by atoms with Crippen molar-refractivity contribution in [3.63, 3.8) is 0 Å². The zero-order chi connectivity index (χ0) is 13.5. The Kier molecular flexibility index (Phi) is 5.31. The van der Waals surface area contributed by atoms with Gasteiger partial charge in [0, 0.05) is 25.8 Å². The molecule has 18 heavy (non-hydrogen) atoms. The van der Waals surface area contributed by atoms with E-state index in [1.54, 1.807) is 13.2 Å². The predicted molar refractivity (Wildman–Crippen MR) is 64.2 cm³/mol. The smallest absolute Gasteiger partial charge is 0.325 e. The summed E-state index contributed by atoms with van der Waals surface area (Å²) in [5.74, 6) is -0.796. The van der Waals surface area contributed by atoms with Gasteiger partial charge >= 0.3 is 5.97 Å². The number of carboxylic acid groups (broad SMARTS) is 1. The first-order valence-corrected chi connectivity index (χ1v) is 5.59. The number of hydrogen-bond donors (Lipinski definition) is 2. The zero-order valence-electron chi connectivity index (χ0n) is 10.4. The zero-order valence-corrected chi connectivity index (χ0v) is 10.4. The van der Waals surface area contributed by atoms with Crippen LogP contribution in [-0.4, -0.2) is 40.0 Å². The molecular weight excluding hydrogens is 238 g/mol. The summed E-state index contributed by atoms with van der Waals surface area (Å²) < 4.78 is 6.28. The Morgan fingerprint density at radius 2 is 2.33 bits per heavy atom. The lowest BCUT2D eigenvalue weighted by atomic mass is 10.2. The highest BCUT2D eigenvalue weighted by Gasteiger charge is 2.08. The van der Waals surface area contributed by atoms with Crippen LogP contribution in [-0.2, 0) is 20.9 Å². The Hall–Kier alpha value is -1.89. The number of rotatable bonds is 7. The van der Waals surface area contributed by atoms with Crippen LogP contribution in [0.15, 0.2) is 12.3 Å². The summed E-state index contributed by atoms with van der Waals surface area (Å²) in [5.41, 5.74) is 0. The number of ether oxygens (including phenoxy) is 1. The molecule has 1 heterocycles. The average Bonchev–Trinajstić information content (AvgIpc) is 2.72. The van der Waals surface area contributed by atoms with Gasteiger partial charge in [-0.15, -0.1) is 0 Å². The van der Waals surface area contributed by atoms with E-state index < -0.39 is 5.97 Å². The number of aromatic nitrogens is 2. The third kappa shape index (κ3) is 4.96. The van der Waals surface area contributed by atoms with Crippen LogP contribution in [0, 0.1) is 0 Å². The van der Waals surface area contributed by atoms with Crippen LogP contribution >= 0.6 is 0 Å². The number of nitrogens with zero attached hydrogens (tertiary/aromatic N) is 2. The largest absolute Gasteiger partial charge is 0.480 e. The lowest BCUT2D eigenvalue weighted by molar-refractivity contribution is -0.137. The van der Waals surface area contributed by atoms with Gasteiger partial charge in [0.25, 0.3) is 0 Å². The van der Waals surface area contributed by atoms with E-state index in [1.807, 2.05) is 6.92 Å². The molecule has 0 aliphatic heterocycles. The Bertz CT molecular complexity index is 416. The quantitative estimate of drug-likeness (QED) is 0.748. The molecule has 0 aliphatic rings. The van der Waals surface area contributed by atoms with E-state index in [2.05, 4.69) is 10.4 Å². The van der Waals surface area contributed by atoms with E-state index in [-0.39, 0.29) is 18.6 Å². The van der Waals surface area contributed by atoms with Gasteiger partial charge in [-0.05, 0) is 13.3 Å². The van der Waals surface area contributed by atoms with Gasteiger partial charge in [0.2, 0.25) is 5.91 Å². The maximum Gasteiger partial charge on any atom is 0.325 e. The number of anilines is 1. The van der Waals surface area contributed by atoms with E-state index in [0.29, 0.717) is 18.7 Å². The lowest BCUT2D eigenvalue weighted by Gasteiger charge is -2.08. The van der Waals surface area contributed by atoms with E-state index in [0.717, 1.165) is 0 Å². The molecule has 0 aromatic carbocycles. The summed E-state index contributed by atoms with van der Waals surface area (Å²) in [6, 6.07) is 1.56. The fourth-order valence-electron chi connectivity index (χ4n) is 1.31. The molecule has 1 aromatic heterocycles. The van der Waals surface area contributed by atoms with Crippen LogP contribution in [0.25, 0.3) is 0 Å². The van der Waals surface area contributed by atoms with E-state index in [1.165, 1.54) is 10.9 Å². The molecule has 0 fully saturated rings. The summed E-state index contributed by atoms with van der Waals surface area (Å²) in [6.07, 6.45) is 2.49. The Morgan fingerprint density at radius 1 is 1.61 bits per heavy atom. The second-order valence-corrected chi connectivity index (χ2v) is 3.93. The second-order valence-electron chi connectivity index (χ2n) is 3.93. The van der Waals surface area contributed by atoms with Crippen molar-refractivity contribution in [2.75, 3.05) is 12.4 Å². The molecule has 7 heteroatoms. The van der Waals surface area contributed by atoms with Crippen molar-refractivity contribution in [3.05, 3.63) is 12.3 Å². The number of nitrogens with one attached hydrogen (secondary N) is 1. The molecular formula is C11H17N3O4. The van der Waals surface area contributed by atoms with Gasteiger partial charge < -0.3 is 15.2 Å². The van der Waals surface area contributed by atoms with Crippen molar-refractivity contribution in [1.29, 1.82) is 0 Å². The molecule has 2 N–H and O–H groups in total. The van der Waals surface area contributed by atoms with Gasteiger partial charge in [0.15, 0.2) is 5.82 Å². The normalized spacial score (nSPS) is 12.1. The van der Waals surface area contributed by atoms with Crippen molar-refractivity contribution in [2.24, 2.45) is 0 Å². The molecule has 1 atom stereocenters. The van der Waals surface area contributed by atoms with E-state index in [9.17, 15) is 9.59 Å². The van der Waals surface area contributed by atoms with Gasteiger partial charge in [-0.3, -0.25) is 14.3 Å². The molecule has 0 aliphatic carbocycles. The van der Waals surface area contributed by atoms with Crippen LogP contribution in [0.1, 0.15) is 19.8 Å². The summed E-state index contributed by atoms with van der Waals surface area (Å²) in [7, 11) is 1.59. The number of carbonyl (C=O) groups is 2. The highest BCUT2D eigenvalue weighted by molar-refractivity contribution is 5.89. The minimum Gasteiger partial charge on any atom is -0.480 e. The minimum absolute atomic E-state index is 0.0281. The molecule has 7 nitrogen and oxygen atoms in total. The van der Waals surface area contributed by atoms with Crippen molar-refractivity contribution < 1.29 is 19.4 Å². The highest BCUT2D eigenvalue weighted by Crippen LogP contribution is 2.05. The summed E-state index contributed by atoms with van der Waals surface area (Å²) >= 11 is 0. The van der Waals surface area contributed by atoms with Crippen molar-refractivity contribution in [1.82, 2.24) is 9.78 Å². The van der Waals surface area contributed by atoms with Crippen molar-refractivity contribution >= 4 is 17.7 Å².